The zero-order chi connectivity index (χ0) is 11.0. The standard InChI is InChI=1S/C11H11N3O2/c15-11(12-8-2-1-3-8)7-4-5-9-10(6-7)14-16-13-9/h4-6,8H,1-3H2,(H,12,15). The monoisotopic (exact) mass is 217 g/mol. The van der Waals surface area contributed by atoms with Gasteiger partial charge in [-0.15, -0.1) is 0 Å². The van der Waals surface area contributed by atoms with Crippen molar-refractivity contribution < 1.29 is 9.42 Å². The first kappa shape index (κ1) is 9.33. The molecule has 0 unspecified atom stereocenters. The summed E-state index contributed by atoms with van der Waals surface area (Å²) >= 11 is 0. The number of fused-ring (bicyclic) bond motifs is 1. The van der Waals surface area contributed by atoms with Gasteiger partial charge in [0.1, 0.15) is 11.0 Å². The molecule has 1 amide bonds. The molecule has 1 aromatic heterocycles. The summed E-state index contributed by atoms with van der Waals surface area (Å²) in [6.45, 7) is 0. The quantitative estimate of drug-likeness (QED) is 0.827. The average molecular weight is 217 g/mol. The minimum absolute atomic E-state index is 0.0467. The van der Waals surface area contributed by atoms with Crippen LogP contribution in [0.4, 0.5) is 0 Å². The van der Waals surface area contributed by atoms with E-state index in [-0.39, 0.29) is 5.91 Å². The van der Waals surface area contributed by atoms with E-state index in [9.17, 15) is 4.79 Å². The van der Waals surface area contributed by atoms with Gasteiger partial charge in [-0.1, -0.05) is 0 Å². The molecule has 16 heavy (non-hydrogen) atoms. The van der Waals surface area contributed by atoms with Crippen LogP contribution in [-0.4, -0.2) is 22.3 Å². The Bertz CT molecular complexity index is 531. The Morgan fingerprint density at radius 2 is 2.12 bits per heavy atom. The lowest BCUT2D eigenvalue weighted by Gasteiger charge is -2.26. The molecule has 0 radical (unpaired) electrons. The summed E-state index contributed by atoms with van der Waals surface area (Å²) in [5.74, 6) is -0.0467. The fourth-order valence-corrected chi connectivity index (χ4v) is 1.74. The number of rotatable bonds is 2. The van der Waals surface area contributed by atoms with Crippen molar-refractivity contribution in [2.75, 3.05) is 0 Å². The van der Waals surface area contributed by atoms with E-state index >= 15 is 0 Å². The number of nitrogens with one attached hydrogen (secondary N) is 1. The van der Waals surface area contributed by atoms with Crippen LogP contribution in [0.3, 0.4) is 0 Å². The van der Waals surface area contributed by atoms with Gasteiger partial charge in [0.05, 0.1) is 0 Å². The van der Waals surface area contributed by atoms with Crippen molar-refractivity contribution in [1.82, 2.24) is 15.6 Å². The van der Waals surface area contributed by atoms with E-state index in [4.69, 9.17) is 0 Å². The highest BCUT2D eigenvalue weighted by Gasteiger charge is 2.20. The molecule has 3 rings (SSSR count). The highest BCUT2D eigenvalue weighted by Crippen LogP contribution is 2.19. The average Bonchev–Trinajstić information content (AvgIpc) is 2.69. The first-order valence-electron chi connectivity index (χ1n) is 5.36. The molecule has 1 heterocycles. The molecular weight excluding hydrogens is 206 g/mol. The van der Waals surface area contributed by atoms with Gasteiger partial charge in [-0.3, -0.25) is 4.79 Å². The molecule has 1 fully saturated rings. The predicted octanol–water partition coefficient (Wildman–Crippen LogP) is 1.51. The van der Waals surface area contributed by atoms with Gasteiger partial charge in [0.15, 0.2) is 0 Å². The third-order valence-corrected chi connectivity index (χ3v) is 2.96. The Kier molecular flexibility index (Phi) is 2.09. The fourth-order valence-electron chi connectivity index (χ4n) is 1.74. The number of hydrogen-bond acceptors (Lipinski definition) is 4. The number of carbonyl (C=O) groups is 1. The Morgan fingerprint density at radius 1 is 1.31 bits per heavy atom. The molecule has 0 aliphatic heterocycles. The van der Waals surface area contributed by atoms with E-state index in [0.29, 0.717) is 22.6 Å². The maximum absolute atomic E-state index is 11.8. The van der Waals surface area contributed by atoms with Crippen LogP contribution in [0.15, 0.2) is 22.8 Å². The van der Waals surface area contributed by atoms with Crippen LogP contribution < -0.4 is 5.32 Å². The SMILES string of the molecule is O=C(NC1CCC1)c1ccc2nonc2c1. The fraction of sp³-hybridized carbons (Fsp3) is 0.364. The van der Waals surface area contributed by atoms with Crippen molar-refractivity contribution in [1.29, 1.82) is 0 Å². The number of carbonyl (C=O) groups excluding carboxylic acids is 1. The lowest BCUT2D eigenvalue weighted by atomic mass is 9.93. The summed E-state index contributed by atoms with van der Waals surface area (Å²) < 4.78 is 4.58. The van der Waals surface area contributed by atoms with E-state index in [1.54, 1.807) is 18.2 Å². The topological polar surface area (TPSA) is 68.0 Å². The molecule has 1 saturated carbocycles. The van der Waals surface area contributed by atoms with Gasteiger partial charge >= 0.3 is 0 Å². The lowest BCUT2D eigenvalue weighted by Crippen LogP contribution is -2.39. The molecule has 0 bridgehead atoms. The first-order valence-corrected chi connectivity index (χ1v) is 5.36. The van der Waals surface area contributed by atoms with E-state index < -0.39 is 0 Å². The number of nitrogens with zero attached hydrogens (tertiary/aromatic N) is 2. The molecular formula is C11H11N3O2. The first-order chi connectivity index (χ1) is 7.83. The largest absolute Gasteiger partial charge is 0.349 e. The zero-order valence-corrected chi connectivity index (χ0v) is 8.64. The molecule has 5 nitrogen and oxygen atoms in total. The summed E-state index contributed by atoms with van der Waals surface area (Å²) in [7, 11) is 0. The molecule has 1 aliphatic rings. The smallest absolute Gasteiger partial charge is 0.251 e. The van der Waals surface area contributed by atoms with Gasteiger partial charge in [-0.2, -0.15) is 0 Å². The second-order valence-corrected chi connectivity index (χ2v) is 4.07. The molecule has 1 aromatic carbocycles. The highest BCUT2D eigenvalue weighted by atomic mass is 16.6. The van der Waals surface area contributed by atoms with Gasteiger partial charge in [-0.05, 0) is 47.8 Å². The number of benzene rings is 1. The van der Waals surface area contributed by atoms with Gasteiger partial charge in [0.2, 0.25) is 0 Å². The Hall–Kier alpha value is -1.91. The second-order valence-electron chi connectivity index (χ2n) is 4.07. The predicted molar refractivity (Wildman–Crippen MR) is 56.9 cm³/mol. The van der Waals surface area contributed by atoms with Gasteiger partial charge in [-0.25, -0.2) is 4.63 Å². The number of aromatic nitrogens is 2. The van der Waals surface area contributed by atoms with Gasteiger partial charge in [0.25, 0.3) is 5.91 Å². The van der Waals surface area contributed by atoms with E-state index in [0.717, 1.165) is 12.8 Å². The third kappa shape index (κ3) is 1.54. The zero-order valence-electron chi connectivity index (χ0n) is 8.64. The van der Waals surface area contributed by atoms with Crippen LogP contribution in [-0.2, 0) is 0 Å². The maximum Gasteiger partial charge on any atom is 0.251 e. The molecule has 1 aliphatic carbocycles. The van der Waals surface area contributed by atoms with Crippen molar-refractivity contribution in [3.05, 3.63) is 23.8 Å². The van der Waals surface area contributed by atoms with Crippen molar-refractivity contribution in [3.8, 4) is 0 Å². The van der Waals surface area contributed by atoms with Crippen LogP contribution in [0.1, 0.15) is 29.6 Å². The van der Waals surface area contributed by atoms with Crippen LogP contribution >= 0.6 is 0 Å². The third-order valence-electron chi connectivity index (χ3n) is 2.96. The minimum atomic E-state index is -0.0467. The molecule has 0 saturated heterocycles. The summed E-state index contributed by atoms with van der Waals surface area (Å²) in [4.78, 5) is 11.8. The Morgan fingerprint density at radius 3 is 2.88 bits per heavy atom. The van der Waals surface area contributed by atoms with E-state index in [2.05, 4.69) is 20.3 Å². The molecule has 0 atom stereocenters. The molecule has 2 aromatic rings. The minimum Gasteiger partial charge on any atom is -0.349 e. The van der Waals surface area contributed by atoms with Gasteiger partial charge < -0.3 is 5.32 Å². The van der Waals surface area contributed by atoms with E-state index in [1.807, 2.05) is 0 Å². The van der Waals surface area contributed by atoms with Crippen LogP contribution in [0.2, 0.25) is 0 Å². The molecule has 5 heteroatoms. The molecule has 1 N–H and O–H groups in total. The van der Waals surface area contributed by atoms with E-state index in [1.165, 1.54) is 6.42 Å². The van der Waals surface area contributed by atoms with Crippen LogP contribution in [0.5, 0.6) is 0 Å². The van der Waals surface area contributed by atoms with Crippen molar-refractivity contribution in [2.45, 2.75) is 25.3 Å². The van der Waals surface area contributed by atoms with Crippen molar-refractivity contribution >= 4 is 16.9 Å². The van der Waals surface area contributed by atoms with Crippen molar-refractivity contribution in [2.24, 2.45) is 0 Å². The van der Waals surface area contributed by atoms with Crippen LogP contribution in [0, 0.1) is 0 Å². The molecule has 0 spiro atoms. The van der Waals surface area contributed by atoms with Crippen molar-refractivity contribution in [3.63, 3.8) is 0 Å². The van der Waals surface area contributed by atoms with Gasteiger partial charge in [0, 0.05) is 11.6 Å². The summed E-state index contributed by atoms with van der Waals surface area (Å²) in [6, 6.07) is 5.51. The Balaban J connectivity index is 1.83. The Labute approximate surface area is 91.8 Å². The maximum atomic E-state index is 11.8. The summed E-state index contributed by atoms with van der Waals surface area (Å²) in [5.41, 5.74) is 1.89. The lowest BCUT2D eigenvalue weighted by molar-refractivity contribution is 0.0917. The highest BCUT2D eigenvalue weighted by molar-refractivity contribution is 5.97. The van der Waals surface area contributed by atoms with Crippen LogP contribution in [0.25, 0.3) is 11.0 Å². The normalized spacial score (nSPS) is 16.0. The molecule has 82 valence electrons. The summed E-state index contributed by atoms with van der Waals surface area (Å²) in [6.07, 6.45) is 3.37. The second kappa shape index (κ2) is 3.59. The number of amides is 1. The summed E-state index contributed by atoms with van der Waals surface area (Å²) in [5, 5.41) is 10.4. The number of hydrogen-bond donors (Lipinski definition) is 1.